The average Bonchev–Trinajstić information content (AvgIpc) is 2.33. The second-order valence-corrected chi connectivity index (χ2v) is 4.88. The third kappa shape index (κ3) is 1.70. The molecule has 0 aromatic carbocycles. The largest absolute Gasteiger partial charge is 0.285 e. The van der Waals surface area contributed by atoms with Crippen LogP contribution < -0.4 is 0 Å². The van der Waals surface area contributed by atoms with Gasteiger partial charge in [0.05, 0.1) is 6.54 Å². The van der Waals surface area contributed by atoms with Gasteiger partial charge in [-0.3, -0.25) is 4.99 Å². The number of hydrogen-bond donors (Lipinski definition) is 0. The first kappa shape index (κ1) is 10.5. The topological polar surface area (TPSA) is 12.4 Å². The van der Waals surface area contributed by atoms with Crippen LogP contribution in [0.15, 0.2) is 16.1 Å². The molecule has 0 atom stereocenters. The number of nitrogens with zero attached hydrogens (tertiary/aromatic N) is 1. The third-order valence-corrected chi connectivity index (χ3v) is 3.69. The SMILES string of the molecule is CC1=NCC(C(C)(C)C(C)C)=C1C. The second-order valence-electron chi connectivity index (χ2n) is 4.88. The zero-order chi connectivity index (χ0) is 10.2. The Hall–Kier alpha value is -0.590. The first-order valence-electron chi connectivity index (χ1n) is 5.09. The minimum atomic E-state index is 0.297. The van der Waals surface area contributed by atoms with Crippen LogP contribution in [-0.4, -0.2) is 12.3 Å². The molecule has 0 aromatic rings. The Morgan fingerprint density at radius 1 is 1.23 bits per heavy atom. The molecule has 1 rings (SSSR count). The lowest BCUT2D eigenvalue weighted by Crippen LogP contribution is -2.23. The second kappa shape index (κ2) is 3.28. The predicted octanol–water partition coefficient (Wildman–Crippen LogP) is 3.46. The van der Waals surface area contributed by atoms with Gasteiger partial charge in [-0.25, -0.2) is 0 Å². The van der Waals surface area contributed by atoms with E-state index in [0.717, 1.165) is 6.54 Å². The molecule has 0 unspecified atom stereocenters. The Balaban J connectivity index is 2.99. The first-order chi connectivity index (χ1) is 5.87. The number of allylic oxidation sites excluding steroid dienone is 1. The molecule has 0 bridgehead atoms. The Labute approximate surface area is 82.0 Å². The normalized spacial score (nSPS) is 18.5. The Kier molecular flexibility index (Phi) is 2.65. The quantitative estimate of drug-likeness (QED) is 0.615. The van der Waals surface area contributed by atoms with Gasteiger partial charge in [-0.15, -0.1) is 0 Å². The van der Waals surface area contributed by atoms with E-state index in [-0.39, 0.29) is 0 Å². The van der Waals surface area contributed by atoms with E-state index in [2.05, 4.69) is 46.5 Å². The van der Waals surface area contributed by atoms with E-state index in [1.165, 1.54) is 16.9 Å². The van der Waals surface area contributed by atoms with Gasteiger partial charge < -0.3 is 0 Å². The fraction of sp³-hybridized carbons (Fsp3) is 0.750. The summed E-state index contributed by atoms with van der Waals surface area (Å²) in [7, 11) is 0. The van der Waals surface area contributed by atoms with Gasteiger partial charge >= 0.3 is 0 Å². The van der Waals surface area contributed by atoms with Gasteiger partial charge in [0.15, 0.2) is 0 Å². The van der Waals surface area contributed by atoms with Gasteiger partial charge in [-0.1, -0.05) is 27.7 Å². The molecule has 0 saturated heterocycles. The lowest BCUT2D eigenvalue weighted by atomic mass is 9.73. The van der Waals surface area contributed by atoms with Crippen molar-refractivity contribution in [1.29, 1.82) is 0 Å². The molecule has 0 N–H and O–H groups in total. The zero-order valence-corrected chi connectivity index (χ0v) is 9.73. The maximum atomic E-state index is 4.49. The number of aliphatic imine (C=N–C) groups is 1. The van der Waals surface area contributed by atoms with Gasteiger partial charge in [-0.2, -0.15) is 0 Å². The van der Waals surface area contributed by atoms with Gasteiger partial charge in [-0.05, 0) is 36.3 Å². The summed E-state index contributed by atoms with van der Waals surface area (Å²) in [5.74, 6) is 0.679. The summed E-state index contributed by atoms with van der Waals surface area (Å²) in [6.45, 7) is 14.4. The van der Waals surface area contributed by atoms with Crippen molar-refractivity contribution < 1.29 is 0 Å². The van der Waals surface area contributed by atoms with E-state index < -0.39 is 0 Å². The molecule has 0 fully saturated rings. The molecular formula is C12H21N. The standard InChI is InChI=1S/C12H21N/c1-8(2)12(5,6)11-7-13-10(4)9(11)3/h8H,7H2,1-6H3. The van der Waals surface area contributed by atoms with Crippen molar-refractivity contribution >= 4 is 5.71 Å². The van der Waals surface area contributed by atoms with Crippen molar-refractivity contribution in [3.8, 4) is 0 Å². The fourth-order valence-corrected chi connectivity index (χ4v) is 1.69. The van der Waals surface area contributed by atoms with Crippen LogP contribution in [0.25, 0.3) is 0 Å². The third-order valence-electron chi connectivity index (χ3n) is 3.69. The molecule has 1 nitrogen and oxygen atoms in total. The predicted molar refractivity (Wildman–Crippen MR) is 59.3 cm³/mol. The van der Waals surface area contributed by atoms with E-state index in [1.807, 2.05) is 0 Å². The molecule has 0 saturated carbocycles. The monoisotopic (exact) mass is 179 g/mol. The summed E-state index contributed by atoms with van der Waals surface area (Å²) in [6.07, 6.45) is 0. The van der Waals surface area contributed by atoms with Crippen LogP contribution in [-0.2, 0) is 0 Å². The van der Waals surface area contributed by atoms with E-state index >= 15 is 0 Å². The summed E-state index contributed by atoms with van der Waals surface area (Å²) in [6, 6.07) is 0. The van der Waals surface area contributed by atoms with Gasteiger partial charge in [0.25, 0.3) is 0 Å². The van der Waals surface area contributed by atoms with Crippen LogP contribution in [0.4, 0.5) is 0 Å². The lowest BCUT2D eigenvalue weighted by Gasteiger charge is -2.31. The van der Waals surface area contributed by atoms with Crippen LogP contribution in [0.5, 0.6) is 0 Å². The summed E-state index contributed by atoms with van der Waals surface area (Å²) in [5, 5.41) is 0. The molecule has 13 heavy (non-hydrogen) atoms. The maximum absolute atomic E-state index is 4.49. The zero-order valence-electron chi connectivity index (χ0n) is 9.73. The highest BCUT2D eigenvalue weighted by atomic mass is 14.8. The smallest absolute Gasteiger partial charge is 0.0614 e. The summed E-state index contributed by atoms with van der Waals surface area (Å²) in [5.41, 5.74) is 4.47. The van der Waals surface area contributed by atoms with Gasteiger partial charge in [0.1, 0.15) is 0 Å². The lowest BCUT2D eigenvalue weighted by molar-refractivity contribution is 0.306. The highest BCUT2D eigenvalue weighted by Crippen LogP contribution is 2.38. The molecule has 1 heterocycles. The Morgan fingerprint density at radius 2 is 1.77 bits per heavy atom. The van der Waals surface area contributed by atoms with E-state index in [9.17, 15) is 0 Å². The summed E-state index contributed by atoms with van der Waals surface area (Å²) < 4.78 is 0. The molecule has 1 heteroatoms. The Bertz CT molecular complexity index is 267. The minimum Gasteiger partial charge on any atom is -0.285 e. The van der Waals surface area contributed by atoms with Crippen LogP contribution in [0.2, 0.25) is 0 Å². The number of rotatable bonds is 2. The molecule has 1 aliphatic rings. The van der Waals surface area contributed by atoms with Gasteiger partial charge in [0.2, 0.25) is 0 Å². The highest BCUT2D eigenvalue weighted by Gasteiger charge is 2.30. The molecule has 74 valence electrons. The van der Waals surface area contributed by atoms with Crippen molar-refractivity contribution in [3.05, 3.63) is 11.1 Å². The van der Waals surface area contributed by atoms with E-state index in [4.69, 9.17) is 0 Å². The van der Waals surface area contributed by atoms with Crippen LogP contribution >= 0.6 is 0 Å². The van der Waals surface area contributed by atoms with Gasteiger partial charge in [0, 0.05) is 5.71 Å². The summed E-state index contributed by atoms with van der Waals surface area (Å²) in [4.78, 5) is 4.49. The molecule has 0 radical (unpaired) electrons. The maximum Gasteiger partial charge on any atom is 0.0614 e. The van der Waals surface area contributed by atoms with Crippen LogP contribution in [0, 0.1) is 11.3 Å². The van der Waals surface area contributed by atoms with E-state index in [1.54, 1.807) is 0 Å². The average molecular weight is 179 g/mol. The van der Waals surface area contributed by atoms with Crippen LogP contribution in [0.3, 0.4) is 0 Å². The van der Waals surface area contributed by atoms with Crippen molar-refractivity contribution in [2.24, 2.45) is 16.3 Å². The van der Waals surface area contributed by atoms with Crippen molar-refractivity contribution in [2.75, 3.05) is 6.54 Å². The van der Waals surface area contributed by atoms with Crippen LogP contribution in [0.1, 0.15) is 41.5 Å². The Morgan fingerprint density at radius 3 is 2.08 bits per heavy atom. The molecule has 0 amide bonds. The minimum absolute atomic E-state index is 0.297. The molecule has 0 aliphatic carbocycles. The fourth-order valence-electron chi connectivity index (χ4n) is 1.69. The molecular weight excluding hydrogens is 158 g/mol. The molecule has 1 aliphatic heterocycles. The van der Waals surface area contributed by atoms with E-state index in [0.29, 0.717) is 11.3 Å². The summed E-state index contributed by atoms with van der Waals surface area (Å²) >= 11 is 0. The molecule has 0 aromatic heterocycles. The van der Waals surface area contributed by atoms with Crippen molar-refractivity contribution in [1.82, 2.24) is 0 Å². The van der Waals surface area contributed by atoms with Crippen molar-refractivity contribution in [3.63, 3.8) is 0 Å². The number of hydrogen-bond acceptors (Lipinski definition) is 1. The van der Waals surface area contributed by atoms with Crippen molar-refractivity contribution in [2.45, 2.75) is 41.5 Å². The molecule has 0 spiro atoms. The first-order valence-corrected chi connectivity index (χ1v) is 5.09. The highest BCUT2D eigenvalue weighted by molar-refractivity contribution is 6.00.